The molecule has 1 amide bonds. The number of carbonyl (C=O) groups excluding carboxylic acids is 1. The van der Waals surface area contributed by atoms with Crippen molar-refractivity contribution >= 4 is 22.9 Å². The normalized spacial score (nSPS) is 10.4. The van der Waals surface area contributed by atoms with Crippen LogP contribution in [0.5, 0.6) is 5.75 Å². The van der Waals surface area contributed by atoms with Gasteiger partial charge in [-0.05, 0) is 36.8 Å². The third kappa shape index (κ3) is 4.20. The lowest BCUT2D eigenvalue weighted by Gasteiger charge is -2.05. The van der Waals surface area contributed by atoms with E-state index < -0.39 is 0 Å². The zero-order valence-electron chi connectivity index (χ0n) is 13.4. The third-order valence-electron chi connectivity index (χ3n) is 3.41. The van der Waals surface area contributed by atoms with E-state index in [4.69, 9.17) is 4.74 Å². The van der Waals surface area contributed by atoms with Crippen molar-refractivity contribution in [3.8, 4) is 5.75 Å². The maximum Gasteiger partial charge on any atom is 0.275 e. The number of hydrogen-bond acceptors (Lipinski definition) is 4. The Morgan fingerprint density at radius 3 is 2.58 bits per heavy atom. The van der Waals surface area contributed by atoms with Gasteiger partial charge in [-0.3, -0.25) is 4.79 Å². The highest BCUT2D eigenvalue weighted by Gasteiger charge is 2.11. The number of amides is 1. The number of hydrogen-bond donors (Lipinski definition) is 1. The van der Waals surface area contributed by atoms with Crippen LogP contribution < -0.4 is 10.1 Å². The Morgan fingerprint density at radius 1 is 1.12 bits per heavy atom. The fourth-order valence-corrected chi connectivity index (χ4v) is 3.07. The first-order valence-electron chi connectivity index (χ1n) is 7.77. The van der Waals surface area contributed by atoms with E-state index in [2.05, 4.69) is 22.4 Å². The van der Waals surface area contributed by atoms with Gasteiger partial charge in [-0.1, -0.05) is 30.3 Å². The first kappa shape index (κ1) is 16.2. The molecule has 1 heterocycles. The molecule has 1 N–H and O–H groups in total. The molecule has 3 rings (SSSR count). The zero-order chi connectivity index (χ0) is 16.8. The Kier molecular flexibility index (Phi) is 5.23. The van der Waals surface area contributed by atoms with Crippen molar-refractivity contribution in [1.29, 1.82) is 0 Å². The number of ether oxygens (including phenoxy) is 1. The van der Waals surface area contributed by atoms with E-state index in [0.29, 0.717) is 12.3 Å². The summed E-state index contributed by atoms with van der Waals surface area (Å²) in [5.41, 5.74) is 2.35. The van der Waals surface area contributed by atoms with Gasteiger partial charge in [-0.2, -0.15) is 0 Å². The average Bonchev–Trinajstić information content (AvgIpc) is 3.06. The first-order chi connectivity index (χ1) is 11.7. The van der Waals surface area contributed by atoms with E-state index >= 15 is 0 Å². The largest absolute Gasteiger partial charge is 0.494 e. The van der Waals surface area contributed by atoms with Crippen LogP contribution >= 0.6 is 11.3 Å². The molecule has 0 aliphatic rings. The van der Waals surface area contributed by atoms with Crippen molar-refractivity contribution in [2.75, 3.05) is 11.9 Å². The third-order valence-corrected chi connectivity index (χ3v) is 4.25. The van der Waals surface area contributed by atoms with Crippen LogP contribution in [-0.2, 0) is 6.42 Å². The molecule has 1 aromatic heterocycles. The van der Waals surface area contributed by atoms with E-state index in [-0.39, 0.29) is 5.91 Å². The summed E-state index contributed by atoms with van der Waals surface area (Å²) in [4.78, 5) is 16.7. The molecule has 0 unspecified atom stereocenters. The molecular formula is C19H18N2O2S. The maximum atomic E-state index is 12.3. The summed E-state index contributed by atoms with van der Waals surface area (Å²) in [7, 11) is 0. The molecule has 0 fully saturated rings. The Balaban J connectivity index is 1.63. The molecule has 2 aromatic carbocycles. The van der Waals surface area contributed by atoms with Crippen LogP contribution in [0.1, 0.15) is 28.0 Å². The number of aromatic nitrogens is 1. The Morgan fingerprint density at radius 2 is 1.88 bits per heavy atom. The summed E-state index contributed by atoms with van der Waals surface area (Å²) in [5.74, 6) is 0.587. The molecule has 0 spiro atoms. The number of anilines is 1. The molecule has 0 bridgehead atoms. The van der Waals surface area contributed by atoms with Crippen LogP contribution in [0, 0.1) is 0 Å². The molecule has 122 valence electrons. The standard InChI is InChI=1S/C19H18N2O2S/c1-2-23-16-10-8-15(9-11-16)20-19(22)17-13-24-18(21-17)12-14-6-4-3-5-7-14/h3-11,13H,2,12H2,1H3,(H,20,22). The van der Waals surface area contributed by atoms with Crippen molar-refractivity contribution < 1.29 is 9.53 Å². The second-order valence-corrected chi connectivity index (χ2v) is 6.14. The highest BCUT2D eigenvalue weighted by molar-refractivity contribution is 7.09. The molecule has 0 radical (unpaired) electrons. The molecule has 0 atom stereocenters. The maximum absolute atomic E-state index is 12.3. The lowest BCUT2D eigenvalue weighted by molar-refractivity contribution is 0.102. The van der Waals surface area contributed by atoms with Crippen molar-refractivity contribution in [2.45, 2.75) is 13.3 Å². The average molecular weight is 338 g/mol. The number of nitrogens with one attached hydrogen (secondary N) is 1. The van der Waals surface area contributed by atoms with Gasteiger partial charge in [0.15, 0.2) is 0 Å². The minimum Gasteiger partial charge on any atom is -0.494 e. The molecule has 5 heteroatoms. The van der Waals surface area contributed by atoms with Crippen LogP contribution in [0.25, 0.3) is 0 Å². The van der Waals surface area contributed by atoms with Crippen LogP contribution in [0.15, 0.2) is 60.0 Å². The van der Waals surface area contributed by atoms with Gasteiger partial charge in [0.1, 0.15) is 11.4 Å². The van der Waals surface area contributed by atoms with Crippen LogP contribution in [-0.4, -0.2) is 17.5 Å². The monoisotopic (exact) mass is 338 g/mol. The molecule has 0 aliphatic carbocycles. The minimum absolute atomic E-state index is 0.199. The highest BCUT2D eigenvalue weighted by Crippen LogP contribution is 2.18. The Labute approximate surface area is 145 Å². The quantitative estimate of drug-likeness (QED) is 0.725. The smallest absolute Gasteiger partial charge is 0.275 e. The Hall–Kier alpha value is -2.66. The van der Waals surface area contributed by atoms with Gasteiger partial charge in [0, 0.05) is 17.5 Å². The second kappa shape index (κ2) is 7.75. The van der Waals surface area contributed by atoms with Gasteiger partial charge in [0.25, 0.3) is 5.91 Å². The van der Waals surface area contributed by atoms with Gasteiger partial charge >= 0.3 is 0 Å². The van der Waals surface area contributed by atoms with Crippen molar-refractivity contribution in [1.82, 2.24) is 4.98 Å². The van der Waals surface area contributed by atoms with Gasteiger partial charge < -0.3 is 10.1 Å². The van der Waals surface area contributed by atoms with Crippen molar-refractivity contribution in [3.05, 3.63) is 76.2 Å². The predicted molar refractivity (Wildman–Crippen MR) is 96.9 cm³/mol. The van der Waals surface area contributed by atoms with Gasteiger partial charge in [0.2, 0.25) is 0 Å². The van der Waals surface area contributed by atoms with Crippen LogP contribution in [0.2, 0.25) is 0 Å². The molecule has 0 aliphatic heterocycles. The summed E-state index contributed by atoms with van der Waals surface area (Å²) in [6.07, 6.45) is 0.738. The number of benzene rings is 2. The number of nitrogens with zero attached hydrogens (tertiary/aromatic N) is 1. The van der Waals surface area contributed by atoms with Crippen LogP contribution in [0.3, 0.4) is 0 Å². The topological polar surface area (TPSA) is 51.2 Å². The summed E-state index contributed by atoms with van der Waals surface area (Å²) in [6, 6.07) is 17.4. The fraction of sp³-hybridized carbons (Fsp3) is 0.158. The van der Waals surface area contributed by atoms with Gasteiger partial charge in [-0.15, -0.1) is 11.3 Å². The van der Waals surface area contributed by atoms with E-state index in [0.717, 1.165) is 22.9 Å². The number of thiazole rings is 1. The Bertz CT molecular complexity index is 798. The molecule has 3 aromatic rings. The van der Waals surface area contributed by atoms with Gasteiger partial charge in [-0.25, -0.2) is 4.98 Å². The van der Waals surface area contributed by atoms with Crippen LogP contribution in [0.4, 0.5) is 5.69 Å². The lowest BCUT2D eigenvalue weighted by atomic mass is 10.2. The molecule has 4 nitrogen and oxygen atoms in total. The fourth-order valence-electron chi connectivity index (χ4n) is 2.26. The molecule has 0 saturated heterocycles. The minimum atomic E-state index is -0.199. The molecule has 24 heavy (non-hydrogen) atoms. The first-order valence-corrected chi connectivity index (χ1v) is 8.65. The SMILES string of the molecule is CCOc1ccc(NC(=O)c2csc(Cc3ccccc3)n2)cc1. The molecular weight excluding hydrogens is 320 g/mol. The van der Waals surface area contributed by atoms with Crippen molar-refractivity contribution in [2.24, 2.45) is 0 Å². The summed E-state index contributed by atoms with van der Waals surface area (Å²) in [5, 5.41) is 5.58. The van der Waals surface area contributed by atoms with Crippen molar-refractivity contribution in [3.63, 3.8) is 0 Å². The number of carbonyl (C=O) groups is 1. The predicted octanol–water partition coefficient (Wildman–Crippen LogP) is 4.38. The second-order valence-electron chi connectivity index (χ2n) is 5.20. The van der Waals surface area contributed by atoms with E-state index in [1.807, 2.05) is 49.4 Å². The van der Waals surface area contributed by atoms with E-state index in [9.17, 15) is 4.79 Å². The zero-order valence-corrected chi connectivity index (χ0v) is 14.2. The molecule has 0 saturated carbocycles. The van der Waals surface area contributed by atoms with E-state index in [1.165, 1.54) is 16.9 Å². The van der Waals surface area contributed by atoms with Gasteiger partial charge in [0.05, 0.1) is 11.6 Å². The highest BCUT2D eigenvalue weighted by atomic mass is 32.1. The van der Waals surface area contributed by atoms with E-state index in [1.54, 1.807) is 5.38 Å². The number of rotatable bonds is 6. The summed E-state index contributed by atoms with van der Waals surface area (Å²) < 4.78 is 5.39. The summed E-state index contributed by atoms with van der Waals surface area (Å²) >= 11 is 1.50. The summed E-state index contributed by atoms with van der Waals surface area (Å²) in [6.45, 7) is 2.56. The lowest BCUT2D eigenvalue weighted by Crippen LogP contribution is -2.12.